The van der Waals surface area contributed by atoms with Crippen molar-refractivity contribution in [2.24, 2.45) is 0 Å². The van der Waals surface area contributed by atoms with Gasteiger partial charge in [0, 0.05) is 60.6 Å². The van der Waals surface area contributed by atoms with E-state index in [1.807, 2.05) is 4.90 Å². The summed E-state index contributed by atoms with van der Waals surface area (Å²) in [6, 6.07) is 1.79. The van der Waals surface area contributed by atoms with E-state index in [9.17, 15) is 9.50 Å². The number of H-pyrrole nitrogens is 1. The number of aryl methyl sites for hydroxylation is 1. The lowest BCUT2D eigenvalue weighted by Gasteiger charge is -2.36. The number of hydrogen-bond donors (Lipinski definition) is 2. The molecule has 0 spiro atoms. The molecule has 47 heavy (non-hydrogen) atoms. The van der Waals surface area contributed by atoms with Gasteiger partial charge in [-0.15, -0.1) is 0 Å². The first-order valence-electron chi connectivity index (χ1n) is 16.3. The van der Waals surface area contributed by atoms with Crippen LogP contribution in [0.25, 0.3) is 33.1 Å². The number of halogens is 3. The summed E-state index contributed by atoms with van der Waals surface area (Å²) in [6.07, 6.45) is 7.67. The monoisotopic (exact) mass is 662 g/mol. The van der Waals surface area contributed by atoms with Crippen LogP contribution in [0, 0.1) is 5.82 Å². The van der Waals surface area contributed by atoms with Crippen LogP contribution in [0.4, 0.5) is 14.6 Å². The number of hydrogen-bond acceptors (Lipinski definition) is 10. The normalized spacial score (nSPS) is 26.0. The molecule has 5 aliphatic rings. The second-order valence-electron chi connectivity index (χ2n) is 13.4. The summed E-state index contributed by atoms with van der Waals surface area (Å²) in [4.78, 5) is 23.0. The van der Waals surface area contributed by atoms with Crippen molar-refractivity contribution in [3.8, 4) is 17.3 Å². The van der Waals surface area contributed by atoms with Gasteiger partial charge in [0.2, 0.25) is 0 Å². The first-order valence-corrected chi connectivity index (χ1v) is 16.6. The molecule has 0 amide bonds. The number of alkyl halides is 1. The number of anilines is 1. The quantitative estimate of drug-likeness (QED) is 0.268. The number of aliphatic hydroxyl groups is 1. The average molecular weight is 663 g/mol. The number of nitrogens with zero attached hydrogens (tertiary/aromatic N) is 7. The number of benzene rings is 1. The van der Waals surface area contributed by atoms with E-state index in [1.165, 1.54) is 0 Å². The number of rotatable bonds is 3. The molecular weight excluding hydrogens is 630 g/mol. The van der Waals surface area contributed by atoms with Gasteiger partial charge in [0.15, 0.2) is 11.7 Å². The smallest absolute Gasteiger partial charge is 0.319 e. The fraction of sp³-hybridized carbons (Fsp3) is 0.485. The second-order valence-corrected chi connectivity index (χ2v) is 13.8. The third kappa shape index (κ3) is 4.84. The molecule has 9 heterocycles. The topological polar surface area (TPSA) is 129 Å². The highest BCUT2D eigenvalue weighted by Crippen LogP contribution is 2.43. The van der Waals surface area contributed by atoms with Gasteiger partial charge < -0.3 is 19.2 Å². The van der Waals surface area contributed by atoms with Crippen LogP contribution < -0.4 is 9.64 Å². The van der Waals surface area contributed by atoms with Gasteiger partial charge in [-0.1, -0.05) is 11.6 Å². The molecule has 0 aliphatic carbocycles. The summed E-state index contributed by atoms with van der Waals surface area (Å²) in [5.74, 6) is 0.212. The summed E-state index contributed by atoms with van der Waals surface area (Å²) < 4.78 is 43.8. The number of aromatic amines is 1. The summed E-state index contributed by atoms with van der Waals surface area (Å²) in [5, 5.41) is 19.7. The fourth-order valence-corrected chi connectivity index (χ4v) is 8.57. The Kier molecular flexibility index (Phi) is 6.88. The zero-order valence-electron chi connectivity index (χ0n) is 25.6. The predicted molar refractivity (Wildman–Crippen MR) is 170 cm³/mol. The van der Waals surface area contributed by atoms with Crippen LogP contribution in [-0.2, 0) is 12.8 Å². The van der Waals surface area contributed by atoms with Crippen molar-refractivity contribution in [3.63, 3.8) is 0 Å². The van der Waals surface area contributed by atoms with E-state index in [1.54, 1.807) is 24.7 Å². The fourth-order valence-electron chi connectivity index (χ4n) is 8.27. The lowest BCUT2D eigenvalue weighted by molar-refractivity contribution is 0.107. The Balaban J connectivity index is 1.23. The maximum absolute atomic E-state index is 17.1. The number of ether oxygens (including phenoxy) is 1. The van der Waals surface area contributed by atoms with Gasteiger partial charge in [-0.25, -0.2) is 13.8 Å². The van der Waals surface area contributed by atoms with Crippen LogP contribution in [0.1, 0.15) is 55.2 Å². The average Bonchev–Trinajstić information content (AvgIpc) is 3.84. The van der Waals surface area contributed by atoms with E-state index >= 15 is 4.39 Å². The van der Waals surface area contributed by atoms with Crippen molar-refractivity contribution < 1.29 is 23.0 Å². The van der Waals surface area contributed by atoms with Gasteiger partial charge in [-0.3, -0.25) is 15.0 Å². The maximum atomic E-state index is 17.1. The molecule has 2 N–H and O–H groups in total. The van der Waals surface area contributed by atoms with Gasteiger partial charge in [0.05, 0.1) is 34.4 Å². The molecule has 3 saturated heterocycles. The Morgan fingerprint density at radius 2 is 2.04 bits per heavy atom. The first-order chi connectivity index (χ1) is 22.8. The van der Waals surface area contributed by atoms with E-state index in [0.29, 0.717) is 83.8 Å². The van der Waals surface area contributed by atoms with Crippen molar-refractivity contribution in [1.82, 2.24) is 35.0 Å². The number of nitrogens with one attached hydrogen (secondary N) is 1. The molecule has 0 radical (unpaired) electrons. The molecule has 3 fully saturated rings. The summed E-state index contributed by atoms with van der Waals surface area (Å²) in [5.41, 5.74) is 2.38. The van der Waals surface area contributed by atoms with Crippen LogP contribution >= 0.6 is 11.6 Å². The minimum Gasteiger partial charge on any atom is -0.461 e. The first kappa shape index (κ1) is 29.2. The Morgan fingerprint density at radius 3 is 2.96 bits per heavy atom. The third-order valence-electron chi connectivity index (χ3n) is 10.4. The van der Waals surface area contributed by atoms with Crippen LogP contribution in [0.5, 0.6) is 6.01 Å². The highest BCUT2D eigenvalue weighted by atomic mass is 35.5. The van der Waals surface area contributed by atoms with Gasteiger partial charge in [-0.05, 0) is 50.3 Å². The largest absolute Gasteiger partial charge is 0.461 e. The van der Waals surface area contributed by atoms with Gasteiger partial charge in [-0.2, -0.15) is 15.1 Å². The number of pyridine rings is 1. The maximum Gasteiger partial charge on any atom is 0.319 e. The van der Waals surface area contributed by atoms with Gasteiger partial charge in [0.1, 0.15) is 36.1 Å². The Morgan fingerprint density at radius 1 is 1.13 bits per heavy atom. The number of piperidine rings is 1. The Labute approximate surface area is 273 Å². The molecule has 14 heteroatoms. The number of oxazole rings is 1. The molecule has 5 aliphatic heterocycles. The second kappa shape index (κ2) is 11.1. The van der Waals surface area contributed by atoms with E-state index in [0.717, 1.165) is 30.6 Å². The van der Waals surface area contributed by atoms with E-state index < -0.39 is 23.6 Å². The van der Waals surface area contributed by atoms with E-state index in [4.69, 9.17) is 30.7 Å². The minimum atomic E-state index is -0.916. The van der Waals surface area contributed by atoms with Crippen LogP contribution in [-0.4, -0.2) is 90.7 Å². The number of aliphatic hydroxyl groups excluding tert-OH is 1. The Hall–Kier alpha value is -3.94. The van der Waals surface area contributed by atoms with Crippen LogP contribution in [0.15, 0.2) is 29.1 Å². The SMILES string of the molecule is OC1CC2CN(C1)c1nc(OC[C@@]34CCCN3C[C@H](F)C4)nc3c(F)c(ncc13)-c1c(c(Cl)cc3[nH]ncc13)CCCc1nc2co1. The van der Waals surface area contributed by atoms with Crippen molar-refractivity contribution in [3.05, 3.63) is 52.7 Å². The summed E-state index contributed by atoms with van der Waals surface area (Å²) >= 11 is 6.85. The van der Waals surface area contributed by atoms with Crippen molar-refractivity contribution >= 4 is 39.2 Å². The molecular formula is C33H33ClF2N8O3. The number of aromatic nitrogens is 6. The molecule has 1 aromatic carbocycles. The van der Waals surface area contributed by atoms with Crippen molar-refractivity contribution in [2.75, 3.05) is 37.7 Å². The molecule has 5 aromatic rings. The summed E-state index contributed by atoms with van der Waals surface area (Å²) in [7, 11) is 0. The van der Waals surface area contributed by atoms with Crippen LogP contribution in [0.3, 0.4) is 0 Å². The highest BCUT2D eigenvalue weighted by Gasteiger charge is 2.49. The van der Waals surface area contributed by atoms with E-state index in [-0.39, 0.29) is 36.3 Å². The molecule has 10 rings (SSSR count). The van der Waals surface area contributed by atoms with Gasteiger partial charge in [0.25, 0.3) is 0 Å². The zero-order chi connectivity index (χ0) is 31.9. The predicted octanol–water partition coefficient (Wildman–Crippen LogP) is 5.15. The minimum absolute atomic E-state index is 0.00619. The van der Waals surface area contributed by atoms with Crippen molar-refractivity contribution in [1.29, 1.82) is 0 Å². The standard InChI is InChI=1S/C33H33ClF2N8O3/c34-23-8-24-21(11-38-42-24)27-20(23)3-1-4-26-39-25(15-46-26)17-7-19(45)14-43(12-17)31-22-10-37-30(27)28(36)29(22)40-32(41-31)47-16-33-5-2-6-44(33)13-18(35)9-33/h8,10-11,15,17-19,45H,1-7,9,12-14,16H2,(H,38,42)/t17?,18-,19?,33+/m1/s1. The molecule has 2 unspecified atom stereocenters. The lowest BCUT2D eigenvalue weighted by atomic mass is 9.93. The van der Waals surface area contributed by atoms with Crippen LogP contribution in [0.2, 0.25) is 5.02 Å². The molecule has 0 saturated carbocycles. The molecule has 11 nitrogen and oxygen atoms in total. The molecule has 244 valence electrons. The summed E-state index contributed by atoms with van der Waals surface area (Å²) in [6.45, 7) is 2.13. The Bertz CT molecular complexity index is 2020. The van der Waals surface area contributed by atoms with E-state index in [2.05, 4.69) is 25.1 Å². The number of fused-ring (bicyclic) bond motifs is 5. The third-order valence-corrected chi connectivity index (χ3v) is 10.8. The zero-order valence-corrected chi connectivity index (χ0v) is 26.3. The lowest BCUT2D eigenvalue weighted by Crippen LogP contribution is -2.44. The molecule has 8 bridgehead atoms. The molecule has 4 atom stereocenters. The van der Waals surface area contributed by atoms with Gasteiger partial charge >= 0.3 is 6.01 Å². The highest BCUT2D eigenvalue weighted by molar-refractivity contribution is 6.33. The van der Waals surface area contributed by atoms with Crippen molar-refractivity contribution in [2.45, 2.75) is 68.7 Å². The molecule has 4 aromatic heterocycles.